The molecule has 3 saturated carbocycles. The summed E-state index contributed by atoms with van der Waals surface area (Å²) in [5.41, 5.74) is 3.26. The summed E-state index contributed by atoms with van der Waals surface area (Å²) in [5, 5.41) is 31.5. The maximum atomic E-state index is 10.7. The van der Waals surface area contributed by atoms with E-state index in [2.05, 4.69) is 46.4 Å². The Balaban J connectivity index is 1.76. The molecule has 0 bridgehead atoms. The molecule has 3 fully saturated rings. The standard InChI is InChI=1S/C31H52O3/c1-8-25-21(3)24(19-28(32)22(4)29(25)33)14-13-23-12-10-18-31(7)26(15-16-27(23)31)20(2)11-9-17-30(5,6)34/h13-14,20-21,25-29,32-34H,4,8-12,15-19H2,1-3,5-7H3/b23-13+,24-14-/t20-,21?,25?,26-,27+,28-,29+,31-/m1/s1. The van der Waals surface area contributed by atoms with Gasteiger partial charge >= 0.3 is 0 Å². The highest BCUT2D eigenvalue weighted by molar-refractivity contribution is 5.29. The van der Waals surface area contributed by atoms with Crippen molar-refractivity contribution in [2.45, 2.75) is 124 Å². The normalized spacial score (nSPS) is 40.4. The summed E-state index contributed by atoms with van der Waals surface area (Å²) >= 11 is 0. The van der Waals surface area contributed by atoms with Crippen LogP contribution in [0.1, 0.15) is 106 Å². The number of hydrogen-bond acceptors (Lipinski definition) is 3. The fourth-order valence-corrected chi connectivity index (χ4v) is 7.84. The Morgan fingerprint density at radius 3 is 2.50 bits per heavy atom. The van der Waals surface area contributed by atoms with Gasteiger partial charge < -0.3 is 15.3 Å². The van der Waals surface area contributed by atoms with Crippen molar-refractivity contribution in [3.8, 4) is 0 Å². The van der Waals surface area contributed by atoms with Crippen molar-refractivity contribution < 1.29 is 15.3 Å². The van der Waals surface area contributed by atoms with Crippen LogP contribution < -0.4 is 0 Å². The molecule has 34 heavy (non-hydrogen) atoms. The molecule has 194 valence electrons. The molecular formula is C31H52O3. The average molecular weight is 473 g/mol. The van der Waals surface area contributed by atoms with Crippen molar-refractivity contribution in [1.29, 1.82) is 0 Å². The zero-order valence-corrected chi connectivity index (χ0v) is 22.8. The average Bonchev–Trinajstić information content (AvgIpc) is 3.09. The van der Waals surface area contributed by atoms with Gasteiger partial charge in [-0.05, 0) is 106 Å². The van der Waals surface area contributed by atoms with Crippen LogP contribution in [-0.2, 0) is 0 Å². The SMILES string of the molecule is C=C1[C@H](O)C/C(=C/C=C2\CCC[C@]3(C)[C@@H]([C@H](C)CCCC(C)(C)O)CC[C@@H]23)C(C)C(CC)[C@H]1O. The molecular weight excluding hydrogens is 420 g/mol. The molecule has 0 aromatic rings. The van der Waals surface area contributed by atoms with Gasteiger partial charge in [-0.25, -0.2) is 0 Å². The van der Waals surface area contributed by atoms with E-state index in [1.807, 2.05) is 13.8 Å². The summed E-state index contributed by atoms with van der Waals surface area (Å²) in [6.45, 7) is 17.2. The Hall–Kier alpha value is -0.900. The first-order chi connectivity index (χ1) is 15.9. The maximum absolute atomic E-state index is 10.7. The number of allylic oxidation sites excluding steroid dienone is 3. The largest absolute Gasteiger partial charge is 0.390 e. The van der Waals surface area contributed by atoms with Crippen LogP contribution in [0.4, 0.5) is 0 Å². The minimum absolute atomic E-state index is 0.117. The highest BCUT2D eigenvalue weighted by Crippen LogP contribution is 2.60. The Labute approximate surface area is 209 Å². The molecule has 0 radical (unpaired) electrons. The first-order valence-electron chi connectivity index (χ1n) is 14.1. The summed E-state index contributed by atoms with van der Waals surface area (Å²) in [5.74, 6) is 2.48. The quantitative estimate of drug-likeness (QED) is 0.277. The number of rotatable bonds is 7. The van der Waals surface area contributed by atoms with Gasteiger partial charge in [-0.3, -0.25) is 0 Å². The highest BCUT2D eigenvalue weighted by Gasteiger charge is 2.50. The monoisotopic (exact) mass is 472 g/mol. The van der Waals surface area contributed by atoms with E-state index in [4.69, 9.17) is 0 Å². The van der Waals surface area contributed by atoms with E-state index in [1.54, 1.807) is 5.57 Å². The summed E-state index contributed by atoms with van der Waals surface area (Å²) in [6.07, 6.45) is 14.5. The Bertz CT molecular complexity index is 772. The second kappa shape index (κ2) is 11.0. The highest BCUT2D eigenvalue weighted by atomic mass is 16.3. The Morgan fingerprint density at radius 1 is 1.18 bits per heavy atom. The van der Waals surface area contributed by atoms with Crippen LogP contribution in [0.15, 0.2) is 35.5 Å². The van der Waals surface area contributed by atoms with Crippen molar-refractivity contribution in [3.63, 3.8) is 0 Å². The summed E-state index contributed by atoms with van der Waals surface area (Å²) in [6, 6.07) is 0. The zero-order chi connectivity index (χ0) is 25.3. The van der Waals surface area contributed by atoms with Crippen LogP contribution >= 0.6 is 0 Å². The summed E-state index contributed by atoms with van der Waals surface area (Å²) in [7, 11) is 0. The molecule has 2 unspecified atom stereocenters. The number of aliphatic hydroxyl groups is 3. The molecule has 3 rings (SSSR count). The van der Waals surface area contributed by atoms with Gasteiger partial charge in [0.25, 0.3) is 0 Å². The van der Waals surface area contributed by atoms with Gasteiger partial charge in [0.15, 0.2) is 0 Å². The predicted octanol–water partition coefficient (Wildman–Crippen LogP) is 6.98. The summed E-state index contributed by atoms with van der Waals surface area (Å²) < 4.78 is 0. The summed E-state index contributed by atoms with van der Waals surface area (Å²) in [4.78, 5) is 0. The fraction of sp³-hybridized carbons (Fsp3) is 0.806. The maximum Gasteiger partial charge on any atom is 0.0809 e. The minimum atomic E-state index is -0.657. The number of hydrogen-bond donors (Lipinski definition) is 3. The van der Waals surface area contributed by atoms with Crippen LogP contribution in [0, 0.1) is 35.0 Å². The number of aliphatic hydroxyl groups excluding tert-OH is 2. The van der Waals surface area contributed by atoms with Crippen LogP contribution in [0.3, 0.4) is 0 Å². The van der Waals surface area contributed by atoms with E-state index < -0.39 is 17.8 Å². The van der Waals surface area contributed by atoms with Crippen molar-refractivity contribution in [1.82, 2.24) is 0 Å². The van der Waals surface area contributed by atoms with Crippen molar-refractivity contribution in [3.05, 3.63) is 35.5 Å². The van der Waals surface area contributed by atoms with Crippen LogP contribution in [0.25, 0.3) is 0 Å². The number of fused-ring (bicyclic) bond motifs is 1. The van der Waals surface area contributed by atoms with Crippen LogP contribution in [0.2, 0.25) is 0 Å². The molecule has 0 amide bonds. The molecule has 0 heterocycles. The van der Waals surface area contributed by atoms with E-state index in [-0.39, 0.29) is 11.8 Å². The first-order valence-corrected chi connectivity index (χ1v) is 14.1. The molecule has 3 nitrogen and oxygen atoms in total. The Kier molecular flexibility index (Phi) is 8.97. The molecule has 0 aromatic carbocycles. The van der Waals surface area contributed by atoms with Gasteiger partial charge in [0.2, 0.25) is 0 Å². The molecule has 3 aliphatic carbocycles. The van der Waals surface area contributed by atoms with Gasteiger partial charge in [0.1, 0.15) is 0 Å². The third-order valence-corrected chi connectivity index (χ3v) is 10.0. The second-order valence-corrected chi connectivity index (χ2v) is 12.9. The molecule has 3 aliphatic rings. The third-order valence-electron chi connectivity index (χ3n) is 10.0. The molecule has 3 heteroatoms. The molecule has 8 atom stereocenters. The fourth-order valence-electron chi connectivity index (χ4n) is 7.84. The molecule has 0 saturated heterocycles. The van der Waals surface area contributed by atoms with Gasteiger partial charge in [0.05, 0.1) is 17.8 Å². The van der Waals surface area contributed by atoms with Crippen molar-refractivity contribution in [2.24, 2.45) is 35.0 Å². The first kappa shape index (κ1) is 27.7. The van der Waals surface area contributed by atoms with Gasteiger partial charge in [-0.1, -0.05) is 70.4 Å². The molecule has 0 spiro atoms. The Morgan fingerprint density at radius 2 is 1.85 bits per heavy atom. The van der Waals surface area contributed by atoms with Gasteiger partial charge in [-0.2, -0.15) is 0 Å². The molecule has 3 N–H and O–H groups in total. The minimum Gasteiger partial charge on any atom is -0.390 e. The lowest BCUT2D eigenvalue weighted by Gasteiger charge is -2.44. The lowest BCUT2D eigenvalue weighted by atomic mass is 9.60. The zero-order valence-electron chi connectivity index (χ0n) is 22.8. The van der Waals surface area contributed by atoms with Crippen LogP contribution in [0.5, 0.6) is 0 Å². The topological polar surface area (TPSA) is 60.7 Å². The van der Waals surface area contributed by atoms with Crippen LogP contribution in [-0.4, -0.2) is 33.1 Å². The lowest BCUT2D eigenvalue weighted by molar-refractivity contribution is 0.0596. The predicted molar refractivity (Wildman–Crippen MR) is 142 cm³/mol. The third kappa shape index (κ3) is 5.90. The smallest absolute Gasteiger partial charge is 0.0809 e. The molecule has 0 aliphatic heterocycles. The van der Waals surface area contributed by atoms with Crippen molar-refractivity contribution >= 4 is 0 Å². The van der Waals surface area contributed by atoms with E-state index in [1.165, 1.54) is 44.1 Å². The second-order valence-electron chi connectivity index (χ2n) is 12.9. The van der Waals surface area contributed by atoms with Crippen molar-refractivity contribution in [2.75, 3.05) is 0 Å². The van der Waals surface area contributed by atoms with E-state index >= 15 is 0 Å². The van der Waals surface area contributed by atoms with Gasteiger partial charge in [-0.15, -0.1) is 0 Å². The molecule has 0 aromatic heterocycles. The van der Waals surface area contributed by atoms with E-state index in [0.717, 1.165) is 25.2 Å². The van der Waals surface area contributed by atoms with E-state index in [9.17, 15) is 15.3 Å². The van der Waals surface area contributed by atoms with Gasteiger partial charge in [0, 0.05) is 0 Å². The van der Waals surface area contributed by atoms with E-state index in [0.29, 0.717) is 29.2 Å². The lowest BCUT2D eigenvalue weighted by Crippen LogP contribution is -2.36.